The highest BCUT2D eigenvalue weighted by atomic mass is 16.5. The summed E-state index contributed by atoms with van der Waals surface area (Å²) < 4.78 is 12.7. The third-order valence-electron chi connectivity index (χ3n) is 4.32. The van der Waals surface area contributed by atoms with E-state index in [1.54, 1.807) is 20.1 Å². The van der Waals surface area contributed by atoms with Gasteiger partial charge in [0.05, 0.1) is 6.61 Å². The third kappa shape index (κ3) is 4.62. The molecular weight excluding hydrogens is 328 g/mol. The molecule has 0 N–H and O–H groups in total. The number of nitrogens with zero attached hydrogens (tertiary/aromatic N) is 2. The van der Waals surface area contributed by atoms with Crippen molar-refractivity contribution in [1.29, 1.82) is 5.26 Å². The summed E-state index contributed by atoms with van der Waals surface area (Å²) in [6, 6.07) is 13.4. The van der Waals surface area contributed by atoms with Crippen molar-refractivity contribution < 1.29 is 14.3 Å². The Kier molecular flexibility index (Phi) is 6.76. The molecule has 0 unspecified atom stereocenters. The number of aryl methyl sites for hydroxylation is 1. The van der Waals surface area contributed by atoms with Crippen LogP contribution in [0.3, 0.4) is 0 Å². The average molecular weight is 352 g/mol. The minimum Gasteiger partial charge on any atom is -0.454 e. The van der Waals surface area contributed by atoms with Crippen LogP contribution in [0.15, 0.2) is 42.0 Å². The summed E-state index contributed by atoms with van der Waals surface area (Å²) in [6.07, 6.45) is 1.17. The first-order valence-electron chi connectivity index (χ1n) is 8.51. The number of hydrogen-bond acceptors (Lipinski definition) is 4. The molecule has 136 valence electrons. The van der Waals surface area contributed by atoms with Crippen LogP contribution in [0, 0.1) is 25.2 Å². The zero-order chi connectivity index (χ0) is 19.1. The Bertz CT molecular complexity index is 829. The molecule has 2 rings (SSSR count). The second-order valence-electron chi connectivity index (χ2n) is 6.10. The Labute approximate surface area is 154 Å². The van der Waals surface area contributed by atoms with Crippen molar-refractivity contribution in [2.45, 2.75) is 33.4 Å². The summed E-state index contributed by atoms with van der Waals surface area (Å²) in [4.78, 5) is 12.4. The van der Waals surface area contributed by atoms with Gasteiger partial charge < -0.3 is 14.0 Å². The van der Waals surface area contributed by atoms with E-state index in [1.165, 1.54) is 0 Å². The lowest BCUT2D eigenvalue weighted by Gasteiger charge is -2.13. The summed E-state index contributed by atoms with van der Waals surface area (Å²) in [7, 11) is 1.66. The maximum Gasteiger partial charge on any atom is 0.349 e. The van der Waals surface area contributed by atoms with Gasteiger partial charge in [0.15, 0.2) is 0 Å². The zero-order valence-corrected chi connectivity index (χ0v) is 15.7. The van der Waals surface area contributed by atoms with Crippen molar-refractivity contribution in [3.63, 3.8) is 0 Å². The Morgan fingerprint density at radius 3 is 2.62 bits per heavy atom. The maximum atomic E-state index is 12.4. The number of aromatic nitrogens is 1. The van der Waals surface area contributed by atoms with Crippen molar-refractivity contribution in [3.05, 3.63) is 64.5 Å². The number of esters is 1. The molecule has 5 heteroatoms. The fourth-order valence-corrected chi connectivity index (χ4v) is 2.81. The molecule has 0 radical (unpaired) electrons. The van der Waals surface area contributed by atoms with Crippen LogP contribution in [-0.2, 0) is 20.8 Å². The van der Waals surface area contributed by atoms with Gasteiger partial charge in [0.25, 0.3) is 0 Å². The Hall–Kier alpha value is -2.84. The largest absolute Gasteiger partial charge is 0.454 e. The zero-order valence-electron chi connectivity index (χ0n) is 15.7. The molecule has 0 saturated carbocycles. The van der Waals surface area contributed by atoms with Gasteiger partial charge >= 0.3 is 5.97 Å². The predicted molar refractivity (Wildman–Crippen MR) is 100 cm³/mol. The minimum atomic E-state index is -0.620. The summed E-state index contributed by atoms with van der Waals surface area (Å²) in [6.45, 7) is 7.06. The monoisotopic (exact) mass is 352 g/mol. The van der Waals surface area contributed by atoms with Crippen LogP contribution in [0.2, 0.25) is 0 Å². The molecule has 1 aromatic carbocycles. The lowest BCUT2D eigenvalue weighted by atomic mass is 10.1. The van der Waals surface area contributed by atoms with Crippen molar-refractivity contribution >= 4 is 12.0 Å². The molecule has 0 aliphatic heterocycles. The van der Waals surface area contributed by atoms with Crippen LogP contribution in [0.25, 0.3) is 6.08 Å². The standard InChI is InChI=1S/C21H24N2O3/c1-15-12-19(16(2)23(15)10-11-25-4)13-20(14-22)21(24)26-17(3)18-8-6-5-7-9-18/h5-9,12-13,17H,10-11H2,1-4H3/b20-13+/t17-/m1/s1. The van der Waals surface area contributed by atoms with Gasteiger partial charge in [-0.2, -0.15) is 5.26 Å². The number of benzene rings is 1. The van der Waals surface area contributed by atoms with E-state index in [-0.39, 0.29) is 5.57 Å². The molecule has 5 nitrogen and oxygen atoms in total. The van der Waals surface area contributed by atoms with Crippen LogP contribution in [0.4, 0.5) is 0 Å². The third-order valence-corrected chi connectivity index (χ3v) is 4.32. The topological polar surface area (TPSA) is 64.2 Å². The van der Waals surface area contributed by atoms with Gasteiger partial charge in [-0.3, -0.25) is 0 Å². The molecule has 0 amide bonds. The number of ether oxygens (including phenoxy) is 2. The van der Waals surface area contributed by atoms with E-state index in [0.717, 1.165) is 29.1 Å². The lowest BCUT2D eigenvalue weighted by Crippen LogP contribution is -2.10. The Morgan fingerprint density at radius 1 is 1.31 bits per heavy atom. The SMILES string of the molecule is COCCn1c(C)cc(/C=C(\C#N)C(=O)O[C@H](C)c2ccccc2)c1C. The van der Waals surface area contributed by atoms with Gasteiger partial charge in [0.1, 0.15) is 17.7 Å². The number of hydrogen-bond donors (Lipinski definition) is 0. The molecule has 0 fully saturated rings. The Balaban J connectivity index is 2.20. The van der Waals surface area contributed by atoms with E-state index < -0.39 is 12.1 Å². The highest BCUT2D eigenvalue weighted by Gasteiger charge is 2.17. The van der Waals surface area contributed by atoms with Gasteiger partial charge in [-0.25, -0.2) is 4.79 Å². The fraction of sp³-hybridized carbons (Fsp3) is 0.333. The van der Waals surface area contributed by atoms with E-state index in [2.05, 4.69) is 4.57 Å². The summed E-state index contributed by atoms with van der Waals surface area (Å²) in [5, 5.41) is 9.40. The number of nitriles is 1. The van der Waals surface area contributed by atoms with Crippen LogP contribution in [-0.4, -0.2) is 24.3 Å². The molecule has 0 bridgehead atoms. The van der Waals surface area contributed by atoms with Crippen molar-refractivity contribution in [3.8, 4) is 6.07 Å². The molecule has 1 heterocycles. The molecule has 0 aliphatic carbocycles. The number of carbonyl (C=O) groups is 1. The molecule has 0 saturated heterocycles. The Morgan fingerprint density at radius 2 is 2.00 bits per heavy atom. The molecule has 1 aromatic heterocycles. The maximum absolute atomic E-state index is 12.4. The van der Waals surface area contributed by atoms with Crippen molar-refractivity contribution in [2.24, 2.45) is 0 Å². The fourth-order valence-electron chi connectivity index (χ4n) is 2.81. The first-order chi connectivity index (χ1) is 12.5. The van der Waals surface area contributed by atoms with Crippen LogP contribution >= 0.6 is 0 Å². The molecule has 1 atom stereocenters. The number of rotatable bonds is 7. The lowest BCUT2D eigenvalue weighted by molar-refractivity contribution is -0.143. The second kappa shape index (κ2) is 9.02. The van der Waals surface area contributed by atoms with Crippen LogP contribution < -0.4 is 0 Å². The quantitative estimate of drug-likeness (QED) is 0.430. The van der Waals surface area contributed by atoms with E-state index in [0.29, 0.717) is 6.61 Å². The molecule has 26 heavy (non-hydrogen) atoms. The first-order valence-corrected chi connectivity index (χ1v) is 8.51. The predicted octanol–water partition coefficient (Wildman–Crippen LogP) is 3.96. The second-order valence-corrected chi connectivity index (χ2v) is 6.10. The molecule has 0 spiro atoms. The van der Waals surface area contributed by atoms with Gasteiger partial charge in [-0.15, -0.1) is 0 Å². The van der Waals surface area contributed by atoms with E-state index in [9.17, 15) is 10.1 Å². The molecular formula is C21H24N2O3. The van der Waals surface area contributed by atoms with Crippen molar-refractivity contribution in [1.82, 2.24) is 4.57 Å². The van der Waals surface area contributed by atoms with Gasteiger partial charge in [-0.05, 0) is 44.0 Å². The summed E-state index contributed by atoms with van der Waals surface area (Å²) in [5.41, 5.74) is 3.74. The number of carbonyl (C=O) groups excluding carboxylic acids is 1. The van der Waals surface area contributed by atoms with E-state index >= 15 is 0 Å². The summed E-state index contributed by atoms with van der Waals surface area (Å²) in [5.74, 6) is -0.620. The van der Waals surface area contributed by atoms with E-state index in [4.69, 9.17) is 9.47 Å². The summed E-state index contributed by atoms with van der Waals surface area (Å²) >= 11 is 0. The van der Waals surface area contributed by atoms with Gasteiger partial charge in [0.2, 0.25) is 0 Å². The van der Waals surface area contributed by atoms with Crippen molar-refractivity contribution in [2.75, 3.05) is 13.7 Å². The highest BCUT2D eigenvalue weighted by molar-refractivity contribution is 5.98. The first kappa shape index (κ1) is 19.5. The highest BCUT2D eigenvalue weighted by Crippen LogP contribution is 2.21. The molecule has 0 aliphatic rings. The van der Waals surface area contributed by atoms with Crippen LogP contribution in [0.1, 0.15) is 35.5 Å². The average Bonchev–Trinajstić information content (AvgIpc) is 2.91. The van der Waals surface area contributed by atoms with Gasteiger partial charge in [-0.1, -0.05) is 30.3 Å². The molecule has 2 aromatic rings. The van der Waals surface area contributed by atoms with E-state index in [1.807, 2.05) is 56.3 Å². The number of methoxy groups -OCH3 is 1. The smallest absolute Gasteiger partial charge is 0.349 e. The normalized spacial score (nSPS) is 12.5. The van der Waals surface area contributed by atoms with Crippen LogP contribution in [0.5, 0.6) is 0 Å². The van der Waals surface area contributed by atoms with Gasteiger partial charge in [0, 0.05) is 25.0 Å². The minimum absolute atomic E-state index is 0.0141.